The van der Waals surface area contributed by atoms with E-state index in [1.54, 1.807) is 4.98 Å². The zero-order chi connectivity index (χ0) is 22.0. The quantitative estimate of drug-likeness (QED) is 0.543. The predicted molar refractivity (Wildman–Crippen MR) is 105 cm³/mol. The van der Waals surface area contributed by atoms with E-state index in [-0.39, 0.29) is 43.8 Å². The zero-order valence-corrected chi connectivity index (χ0v) is 17.1. The van der Waals surface area contributed by atoms with Crippen molar-refractivity contribution in [3.8, 4) is 22.9 Å². The number of hydrogen-bond acceptors (Lipinski definition) is 6. The van der Waals surface area contributed by atoms with Crippen LogP contribution in [0, 0.1) is 0 Å². The second-order valence-electron chi connectivity index (χ2n) is 5.59. The summed E-state index contributed by atoms with van der Waals surface area (Å²) in [6.45, 7) is 0. The molecule has 3 aromatic rings. The van der Waals surface area contributed by atoms with Crippen molar-refractivity contribution < 1.29 is 22.5 Å². The molecule has 0 bridgehead atoms. The van der Waals surface area contributed by atoms with Gasteiger partial charge in [0.1, 0.15) is 5.75 Å². The van der Waals surface area contributed by atoms with E-state index < -0.39 is 23.4 Å². The second-order valence-corrected chi connectivity index (χ2v) is 7.01. The lowest BCUT2D eigenvalue weighted by atomic mass is 10.3. The van der Waals surface area contributed by atoms with Gasteiger partial charge in [0.15, 0.2) is 17.2 Å². The number of methoxy groups -OCH3 is 1. The lowest BCUT2D eigenvalue weighted by molar-refractivity contribution is 0.141. The van der Waals surface area contributed by atoms with Gasteiger partial charge in [0.05, 0.1) is 28.9 Å². The van der Waals surface area contributed by atoms with E-state index in [9.17, 15) is 22.6 Å². The first-order valence-electron chi connectivity index (χ1n) is 7.92. The molecule has 0 aliphatic carbocycles. The van der Waals surface area contributed by atoms with E-state index in [0.29, 0.717) is 10.4 Å². The molecule has 8 nitrogen and oxygen atoms in total. The molecule has 0 fully saturated rings. The molecule has 0 radical (unpaired) electrons. The monoisotopic (exact) mass is 476 g/mol. The van der Waals surface area contributed by atoms with E-state index >= 15 is 0 Å². The lowest BCUT2D eigenvalue weighted by Crippen LogP contribution is -2.34. The van der Waals surface area contributed by atoms with Gasteiger partial charge < -0.3 is 9.47 Å². The molecule has 0 atom stereocenters. The van der Waals surface area contributed by atoms with Gasteiger partial charge in [0, 0.05) is 4.21 Å². The average molecular weight is 477 g/mol. The molecule has 0 aliphatic heterocycles. The van der Waals surface area contributed by atoms with Crippen LogP contribution in [-0.4, -0.2) is 21.9 Å². The molecular formula is C17H10Cl2F2N3O5S+. The van der Waals surface area contributed by atoms with E-state index in [2.05, 4.69) is 5.10 Å². The molecule has 1 heterocycles. The highest BCUT2D eigenvalue weighted by atomic mass is 35.5. The van der Waals surface area contributed by atoms with Gasteiger partial charge in [0.25, 0.3) is 12.0 Å². The Labute approximate surface area is 180 Å². The summed E-state index contributed by atoms with van der Waals surface area (Å²) in [6, 6.07) is 6.83. The number of H-pyrrole nitrogens is 1. The molecule has 0 amide bonds. The highest BCUT2D eigenvalue weighted by Gasteiger charge is 2.21. The first-order valence-corrected chi connectivity index (χ1v) is 9.41. The van der Waals surface area contributed by atoms with Gasteiger partial charge >= 0.3 is 22.3 Å². The Morgan fingerprint density at radius 1 is 1.17 bits per heavy atom. The molecule has 1 aromatic heterocycles. The number of hydrogen-bond donors (Lipinski definition) is 1. The number of nitrogens with zero attached hydrogens (tertiary/aromatic N) is 2. The van der Waals surface area contributed by atoms with Crippen LogP contribution in [0.2, 0.25) is 10.0 Å². The average Bonchev–Trinajstić information content (AvgIpc) is 2.70. The fraction of sp³-hybridized carbons (Fsp3) is 0.118. The van der Waals surface area contributed by atoms with Crippen LogP contribution in [0.25, 0.3) is 5.69 Å². The third-order valence-corrected chi connectivity index (χ3v) is 4.79. The summed E-state index contributed by atoms with van der Waals surface area (Å²) in [5.41, 5.74) is -3.57. The van der Waals surface area contributed by atoms with Gasteiger partial charge in [-0.05, 0) is 24.3 Å². The Morgan fingerprint density at radius 3 is 2.40 bits per heavy atom. The summed E-state index contributed by atoms with van der Waals surface area (Å²) in [7, 11) is 1.41. The van der Waals surface area contributed by atoms with Crippen molar-refractivity contribution in [1.82, 2.24) is 14.8 Å². The first kappa shape index (κ1) is 21.8. The van der Waals surface area contributed by atoms with Gasteiger partial charge in [-0.25, -0.2) is 13.6 Å². The second kappa shape index (κ2) is 8.86. The maximum absolute atomic E-state index is 12.9. The topological polar surface area (TPSA) is 103 Å². The fourth-order valence-electron chi connectivity index (χ4n) is 2.40. The van der Waals surface area contributed by atoms with E-state index in [0.717, 1.165) is 0 Å². The summed E-state index contributed by atoms with van der Waals surface area (Å²) in [4.78, 5) is 25.4. The maximum Gasteiger partial charge on any atom is 0.509 e. The normalized spacial score (nSPS) is 10.9. The van der Waals surface area contributed by atoms with E-state index in [4.69, 9.17) is 32.7 Å². The van der Waals surface area contributed by atoms with Gasteiger partial charge in [0.2, 0.25) is 0 Å². The van der Waals surface area contributed by atoms with E-state index in [1.807, 2.05) is 0 Å². The third kappa shape index (κ3) is 4.32. The van der Waals surface area contributed by atoms with E-state index in [1.165, 1.54) is 37.4 Å². The SMILES string of the molecule is COc1ccc(Oc2c(Cl)cc(-n3nc(C(F)F)c(=O)[nH]c3=O)cc2Cl)cc1[S+]=O. The fourth-order valence-corrected chi connectivity index (χ4v) is 3.35. The highest BCUT2D eigenvalue weighted by Crippen LogP contribution is 2.39. The van der Waals surface area contributed by atoms with Gasteiger partial charge in [-0.15, -0.1) is 0 Å². The van der Waals surface area contributed by atoms with Crippen molar-refractivity contribution in [2.75, 3.05) is 7.11 Å². The smallest absolute Gasteiger partial charge is 0.491 e. The molecule has 30 heavy (non-hydrogen) atoms. The van der Waals surface area contributed by atoms with Crippen molar-refractivity contribution in [2.24, 2.45) is 0 Å². The minimum Gasteiger partial charge on any atom is -0.491 e. The van der Waals surface area contributed by atoms with Crippen molar-refractivity contribution in [2.45, 2.75) is 11.3 Å². The predicted octanol–water partition coefficient (Wildman–Crippen LogP) is 3.75. The molecule has 13 heteroatoms. The zero-order valence-electron chi connectivity index (χ0n) is 14.8. The van der Waals surface area contributed by atoms with Crippen molar-refractivity contribution in [3.63, 3.8) is 0 Å². The Hall–Kier alpha value is -2.89. The van der Waals surface area contributed by atoms with Gasteiger partial charge in [-0.2, -0.15) is 9.78 Å². The van der Waals surface area contributed by atoms with Crippen molar-refractivity contribution in [3.05, 3.63) is 66.9 Å². The number of aromatic nitrogens is 3. The van der Waals surface area contributed by atoms with Crippen molar-refractivity contribution >= 4 is 34.9 Å². The molecular weight excluding hydrogens is 467 g/mol. The van der Waals surface area contributed by atoms with Crippen LogP contribution in [0.5, 0.6) is 17.2 Å². The maximum atomic E-state index is 12.9. The van der Waals surface area contributed by atoms with Crippen molar-refractivity contribution in [1.29, 1.82) is 0 Å². The van der Waals surface area contributed by atoms with Crippen LogP contribution in [-0.2, 0) is 15.9 Å². The summed E-state index contributed by atoms with van der Waals surface area (Å²) in [5, 5.41) is 3.22. The molecule has 0 spiro atoms. The molecule has 3 rings (SSSR count). The summed E-state index contributed by atoms with van der Waals surface area (Å²) >= 11 is 12.6. The summed E-state index contributed by atoms with van der Waals surface area (Å²) < 4.78 is 48.3. The Balaban J connectivity index is 2.03. The number of nitrogens with one attached hydrogen (secondary N) is 1. The number of halogens is 4. The molecule has 2 aromatic carbocycles. The number of rotatable bonds is 6. The number of alkyl halides is 2. The Bertz CT molecular complexity index is 1230. The third-order valence-electron chi connectivity index (χ3n) is 3.73. The van der Waals surface area contributed by atoms with Crippen LogP contribution in [0.3, 0.4) is 0 Å². The summed E-state index contributed by atoms with van der Waals surface area (Å²) in [5.74, 6) is 0.568. The molecule has 0 unspecified atom stereocenters. The van der Waals surface area contributed by atoms with Crippen LogP contribution in [0.4, 0.5) is 8.78 Å². The van der Waals surface area contributed by atoms with Crippen LogP contribution in [0.15, 0.2) is 44.8 Å². The Kier molecular flexibility index (Phi) is 6.44. The van der Waals surface area contributed by atoms with Gasteiger partial charge in [-0.3, -0.25) is 9.78 Å². The molecule has 0 aliphatic rings. The Morgan fingerprint density at radius 2 is 1.83 bits per heavy atom. The van der Waals surface area contributed by atoms with Crippen LogP contribution in [0.1, 0.15) is 12.1 Å². The first-order chi connectivity index (χ1) is 14.2. The number of benzene rings is 2. The molecule has 0 saturated carbocycles. The van der Waals surface area contributed by atoms with Gasteiger partial charge in [-0.1, -0.05) is 23.2 Å². The largest absolute Gasteiger partial charge is 0.509 e. The minimum atomic E-state index is -3.20. The standard InChI is InChI=1S/C17H9Cl2F2N3O5S/c1-28-11-3-2-8(6-12(11)30-27)29-14-9(18)4-7(5-10(14)19)24-17(26)22-16(25)13(23-24)15(20)21/h2-6,15H,1H3/p+1. The van der Waals surface area contributed by atoms with Crippen LogP contribution < -0.4 is 20.7 Å². The molecule has 1 N–H and O–H groups in total. The summed E-state index contributed by atoms with van der Waals surface area (Å²) in [6.07, 6.45) is -3.20. The number of ether oxygens (including phenoxy) is 2. The molecule has 156 valence electrons. The highest BCUT2D eigenvalue weighted by molar-refractivity contribution is 7.65. The minimum absolute atomic E-state index is 0.0133. The lowest BCUT2D eigenvalue weighted by Gasteiger charge is -2.12. The number of aromatic amines is 1. The van der Waals surface area contributed by atoms with Crippen LogP contribution >= 0.6 is 23.2 Å². The molecule has 0 saturated heterocycles.